The van der Waals surface area contributed by atoms with Crippen LogP contribution in [0.15, 0.2) is 36.3 Å². The van der Waals surface area contributed by atoms with Crippen molar-refractivity contribution in [1.82, 2.24) is 10.6 Å². The molecule has 2 nitrogen and oxygen atoms in total. The lowest BCUT2D eigenvalue weighted by Gasteiger charge is -2.22. The molecule has 2 N–H and O–H groups in total. The highest BCUT2D eigenvalue weighted by Gasteiger charge is 2.08. The van der Waals surface area contributed by atoms with Gasteiger partial charge in [-0.05, 0) is 12.5 Å². The molecule has 0 atom stereocenters. The largest absolute Gasteiger partial charge is 0.368 e. The van der Waals surface area contributed by atoms with Crippen LogP contribution in [0.3, 0.4) is 0 Å². The fraction of sp³-hybridized carbons (Fsp3) is 0.250. The van der Waals surface area contributed by atoms with Crippen LogP contribution < -0.4 is 10.6 Å². The van der Waals surface area contributed by atoms with Crippen LogP contribution in [0, 0.1) is 0 Å². The second-order valence-corrected chi connectivity index (χ2v) is 2.25. The van der Waals surface area contributed by atoms with E-state index in [2.05, 4.69) is 23.8 Å². The maximum absolute atomic E-state index is 3.84. The van der Waals surface area contributed by atoms with Crippen molar-refractivity contribution in [2.75, 3.05) is 6.54 Å². The molecule has 10 heavy (non-hydrogen) atoms. The molecule has 0 saturated carbocycles. The summed E-state index contributed by atoms with van der Waals surface area (Å²) in [6, 6.07) is 0. The van der Waals surface area contributed by atoms with Crippen molar-refractivity contribution in [2.24, 2.45) is 0 Å². The second kappa shape index (κ2) is 2.60. The molecule has 1 aliphatic heterocycles. The van der Waals surface area contributed by atoms with Gasteiger partial charge in [-0.2, -0.15) is 0 Å². The quantitative estimate of drug-likeness (QED) is 0.521. The molecule has 54 valence electrons. The predicted octanol–water partition coefficient (Wildman–Crippen LogP) is 1.11. The summed E-state index contributed by atoms with van der Waals surface area (Å²) >= 11 is 0. The van der Waals surface area contributed by atoms with Crippen LogP contribution in [-0.4, -0.2) is 6.54 Å². The average molecular weight is 136 g/mol. The predicted molar refractivity (Wildman–Crippen MR) is 43.2 cm³/mol. The van der Waals surface area contributed by atoms with Gasteiger partial charge in [-0.1, -0.05) is 19.2 Å². The Kier molecular flexibility index (Phi) is 1.81. The van der Waals surface area contributed by atoms with Gasteiger partial charge in [0.25, 0.3) is 0 Å². The summed E-state index contributed by atoms with van der Waals surface area (Å²) in [5.74, 6) is 0.829. The summed E-state index contributed by atoms with van der Waals surface area (Å²) in [6.45, 7) is 10.4. The summed E-state index contributed by atoms with van der Waals surface area (Å²) in [4.78, 5) is 0. The van der Waals surface area contributed by atoms with Crippen LogP contribution in [0.25, 0.3) is 0 Å². The molecule has 0 bridgehead atoms. The highest BCUT2D eigenvalue weighted by atomic mass is 15.1. The van der Waals surface area contributed by atoms with Gasteiger partial charge in [0.15, 0.2) is 0 Å². The molecule has 1 aliphatic rings. The Labute approximate surface area is 61.3 Å². The fourth-order valence-electron chi connectivity index (χ4n) is 0.892. The molecule has 1 heterocycles. The third-order valence-electron chi connectivity index (χ3n) is 1.53. The van der Waals surface area contributed by atoms with Crippen molar-refractivity contribution in [3.8, 4) is 0 Å². The first-order chi connectivity index (χ1) is 4.74. The van der Waals surface area contributed by atoms with Crippen LogP contribution in [-0.2, 0) is 0 Å². The Morgan fingerprint density at radius 2 is 2.20 bits per heavy atom. The van der Waals surface area contributed by atoms with Crippen molar-refractivity contribution in [3.05, 3.63) is 36.3 Å². The van der Waals surface area contributed by atoms with E-state index in [4.69, 9.17) is 0 Å². The first-order valence-corrected chi connectivity index (χ1v) is 3.28. The molecule has 0 aromatic carbocycles. The number of rotatable bonds is 0. The Hall–Kier alpha value is -1.18. The Morgan fingerprint density at radius 1 is 1.50 bits per heavy atom. The van der Waals surface area contributed by atoms with E-state index < -0.39 is 0 Å². The van der Waals surface area contributed by atoms with Gasteiger partial charge in [-0.3, -0.25) is 0 Å². The van der Waals surface area contributed by atoms with E-state index >= 15 is 0 Å². The number of hydrogen-bond donors (Lipinski definition) is 2. The summed E-state index contributed by atoms with van der Waals surface area (Å²) < 4.78 is 0. The Morgan fingerprint density at radius 3 is 2.70 bits per heavy atom. The van der Waals surface area contributed by atoms with Gasteiger partial charge in [-0.15, -0.1) is 0 Å². The maximum Gasteiger partial charge on any atom is 0.0959 e. The number of hydrogen-bond acceptors (Lipinski definition) is 2. The Balaban J connectivity index is 2.69. The minimum Gasteiger partial charge on any atom is -0.368 e. The molecule has 0 aromatic heterocycles. The fourth-order valence-corrected chi connectivity index (χ4v) is 0.892. The zero-order valence-corrected chi connectivity index (χ0v) is 6.20. The summed E-state index contributed by atoms with van der Waals surface area (Å²) in [7, 11) is 0. The SMILES string of the molecule is C=C1NC/C(=C/C)C(=C)N1. The third kappa shape index (κ3) is 1.21. The summed E-state index contributed by atoms with van der Waals surface area (Å²) in [5, 5.41) is 6.09. The molecule has 0 aliphatic carbocycles. The van der Waals surface area contributed by atoms with Crippen molar-refractivity contribution < 1.29 is 0 Å². The molecule has 0 aromatic rings. The van der Waals surface area contributed by atoms with Gasteiger partial charge in [-0.25, -0.2) is 0 Å². The minimum atomic E-state index is 0.829. The van der Waals surface area contributed by atoms with Crippen LogP contribution in [0.2, 0.25) is 0 Å². The molecule has 1 fully saturated rings. The zero-order valence-electron chi connectivity index (χ0n) is 6.20. The number of nitrogens with one attached hydrogen (secondary N) is 2. The van der Waals surface area contributed by atoms with Crippen LogP contribution in [0.4, 0.5) is 0 Å². The van der Waals surface area contributed by atoms with Crippen LogP contribution >= 0.6 is 0 Å². The van der Waals surface area contributed by atoms with Gasteiger partial charge in [0.2, 0.25) is 0 Å². The minimum absolute atomic E-state index is 0.829. The van der Waals surface area contributed by atoms with E-state index in [1.165, 1.54) is 5.57 Å². The lowest BCUT2D eigenvalue weighted by Crippen LogP contribution is -2.34. The van der Waals surface area contributed by atoms with E-state index in [0.717, 1.165) is 18.1 Å². The van der Waals surface area contributed by atoms with Gasteiger partial charge >= 0.3 is 0 Å². The third-order valence-corrected chi connectivity index (χ3v) is 1.53. The van der Waals surface area contributed by atoms with Crippen molar-refractivity contribution in [1.29, 1.82) is 0 Å². The second-order valence-electron chi connectivity index (χ2n) is 2.25. The van der Waals surface area contributed by atoms with E-state index in [1.54, 1.807) is 0 Å². The van der Waals surface area contributed by atoms with E-state index in [1.807, 2.05) is 13.0 Å². The normalized spacial score (nSPS) is 22.3. The molecular formula is C8H12N2. The smallest absolute Gasteiger partial charge is 0.0959 e. The highest BCUT2D eigenvalue weighted by Crippen LogP contribution is 2.08. The highest BCUT2D eigenvalue weighted by molar-refractivity contribution is 5.33. The first kappa shape index (κ1) is 6.93. The topological polar surface area (TPSA) is 24.1 Å². The molecule has 0 amide bonds. The summed E-state index contributed by atoms with van der Waals surface area (Å²) in [6.07, 6.45) is 2.04. The molecular weight excluding hydrogens is 124 g/mol. The maximum atomic E-state index is 3.84. The van der Waals surface area contributed by atoms with Crippen LogP contribution in [0.1, 0.15) is 6.92 Å². The van der Waals surface area contributed by atoms with Gasteiger partial charge < -0.3 is 10.6 Å². The van der Waals surface area contributed by atoms with E-state index in [-0.39, 0.29) is 0 Å². The first-order valence-electron chi connectivity index (χ1n) is 3.28. The van der Waals surface area contributed by atoms with Crippen molar-refractivity contribution >= 4 is 0 Å². The lowest BCUT2D eigenvalue weighted by molar-refractivity contribution is 0.730. The zero-order chi connectivity index (χ0) is 7.56. The number of allylic oxidation sites excluding steroid dienone is 1. The monoisotopic (exact) mass is 136 g/mol. The van der Waals surface area contributed by atoms with E-state index in [9.17, 15) is 0 Å². The van der Waals surface area contributed by atoms with Crippen molar-refractivity contribution in [2.45, 2.75) is 6.92 Å². The van der Waals surface area contributed by atoms with Gasteiger partial charge in [0.05, 0.1) is 5.82 Å². The lowest BCUT2D eigenvalue weighted by atomic mass is 10.1. The Bertz CT molecular complexity index is 201. The van der Waals surface area contributed by atoms with Crippen LogP contribution in [0.5, 0.6) is 0 Å². The molecule has 0 unspecified atom stereocenters. The average Bonchev–Trinajstić information content (AvgIpc) is 1.88. The molecule has 0 radical (unpaired) electrons. The molecule has 2 heteroatoms. The van der Waals surface area contributed by atoms with E-state index in [0.29, 0.717) is 0 Å². The summed E-state index contributed by atoms with van der Waals surface area (Å²) in [5.41, 5.74) is 2.15. The molecule has 1 saturated heterocycles. The molecule has 0 spiro atoms. The standard InChI is InChI=1S/C8H12N2/c1-4-8-5-9-7(3)10-6(8)2/h4,9-10H,2-3,5H2,1H3/b8-4-. The van der Waals surface area contributed by atoms with Crippen molar-refractivity contribution in [3.63, 3.8) is 0 Å². The molecule has 1 rings (SSSR count). The van der Waals surface area contributed by atoms with Gasteiger partial charge in [0, 0.05) is 12.2 Å². The van der Waals surface area contributed by atoms with Gasteiger partial charge in [0.1, 0.15) is 0 Å².